The molecule has 0 aliphatic carbocycles. The van der Waals surface area contributed by atoms with Crippen LogP contribution in [0, 0.1) is 17.2 Å². The second-order valence-electron chi connectivity index (χ2n) is 7.74. The summed E-state index contributed by atoms with van der Waals surface area (Å²) in [5, 5.41) is 8.90. The summed E-state index contributed by atoms with van der Waals surface area (Å²) in [6, 6.07) is 6.27. The van der Waals surface area contributed by atoms with E-state index in [0.29, 0.717) is 24.7 Å². The summed E-state index contributed by atoms with van der Waals surface area (Å²) in [5.41, 5.74) is 0.972. The Kier molecular flexibility index (Phi) is 4.12. The number of carbonyl (C=O) groups excluding carboxylic acids is 1. The number of piperazine rings is 1. The van der Waals surface area contributed by atoms with Crippen LogP contribution >= 0.6 is 0 Å². The number of pyridine rings is 1. The van der Waals surface area contributed by atoms with Crippen molar-refractivity contribution in [1.29, 1.82) is 5.26 Å². The Bertz CT molecular complexity index is 659. The fourth-order valence-electron chi connectivity index (χ4n) is 3.71. The standard InChI is InChI=1S/C18H24N4O2/c1-12-7-15-10-21(17(23)24-18(2,3)4)11-16(12)22(15)14-6-5-13(8-19)20-9-14/h5-6,9,12,15-16H,7,10-11H2,1-4H3/t12-,15?,16?/m0/s1. The van der Waals surface area contributed by atoms with E-state index in [9.17, 15) is 4.79 Å². The quantitative estimate of drug-likeness (QED) is 0.793. The fourth-order valence-corrected chi connectivity index (χ4v) is 3.71. The fraction of sp³-hybridized carbons (Fsp3) is 0.611. The third kappa shape index (κ3) is 3.16. The number of ether oxygens (including phenoxy) is 1. The van der Waals surface area contributed by atoms with Gasteiger partial charge in [0.1, 0.15) is 17.4 Å². The van der Waals surface area contributed by atoms with Crippen LogP contribution in [0.1, 0.15) is 39.8 Å². The highest BCUT2D eigenvalue weighted by Crippen LogP contribution is 2.38. The summed E-state index contributed by atoms with van der Waals surface area (Å²) in [7, 11) is 0. The van der Waals surface area contributed by atoms with Gasteiger partial charge in [0, 0.05) is 25.2 Å². The van der Waals surface area contributed by atoms with Gasteiger partial charge in [-0.15, -0.1) is 0 Å². The van der Waals surface area contributed by atoms with E-state index in [2.05, 4.69) is 16.8 Å². The van der Waals surface area contributed by atoms with E-state index in [1.807, 2.05) is 37.8 Å². The number of fused-ring (bicyclic) bond motifs is 2. The zero-order valence-corrected chi connectivity index (χ0v) is 14.7. The van der Waals surface area contributed by atoms with Crippen LogP contribution in [0.4, 0.5) is 10.5 Å². The Morgan fingerprint density at radius 2 is 2.12 bits per heavy atom. The van der Waals surface area contributed by atoms with Crippen LogP contribution in [-0.2, 0) is 4.74 Å². The molecular formula is C18H24N4O2. The van der Waals surface area contributed by atoms with E-state index >= 15 is 0 Å². The first-order valence-corrected chi connectivity index (χ1v) is 8.41. The van der Waals surface area contributed by atoms with Crippen molar-refractivity contribution in [3.63, 3.8) is 0 Å². The number of anilines is 1. The van der Waals surface area contributed by atoms with Crippen molar-refractivity contribution in [2.24, 2.45) is 5.92 Å². The summed E-state index contributed by atoms with van der Waals surface area (Å²) in [4.78, 5) is 20.8. The van der Waals surface area contributed by atoms with Crippen LogP contribution in [0.15, 0.2) is 18.3 Å². The second kappa shape index (κ2) is 5.97. The van der Waals surface area contributed by atoms with Gasteiger partial charge in [-0.1, -0.05) is 6.92 Å². The van der Waals surface area contributed by atoms with Crippen molar-refractivity contribution in [1.82, 2.24) is 9.88 Å². The molecule has 2 fully saturated rings. The molecule has 0 spiro atoms. The predicted octanol–water partition coefficient (Wildman–Crippen LogP) is 2.79. The van der Waals surface area contributed by atoms with E-state index in [-0.39, 0.29) is 18.2 Å². The molecule has 0 N–H and O–H groups in total. The molecule has 3 rings (SSSR count). The molecule has 2 unspecified atom stereocenters. The van der Waals surface area contributed by atoms with Gasteiger partial charge in [0.05, 0.1) is 11.9 Å². The lowest BCUT2D eigenvalue weighted by Crippen LogP contribution is -2.57. The molecule has 2 aliphatic rings. The van der Waals surface area contributed by atoms with Gasteiger partial charge in [0.25, 0.3) is 0 Å². The zero-order valence-electron chi connectivity index (χ0n) is 14.7. The number of amides is 1. The predicted molar refractivity (Wildman–Crippen MR) is 90.6 cm³/mol. The van der Waals surface area contributed by atoms with Gasteiger partial charge in [-0.25, -0.2) is 9.78 Å². The molecule has 0 saturated carbocycles. The molecule has 1 amide bonds. The van der Waals surface area contributed by atoms with Gasteiger partial charge in [-0.3, -0.25) is 0 Å². The molecule has 1 aromatic rings. The maximum atomic E-state index is 12.4. The maximum absolute atomic E-state index is 12.4. The van der Waals surface area contributed by atoms with E-state index in [4.69, 9.17) is 10.00 Å². The van der Waals surface area contributed by atoms with E-state index in [0.717, 1.165) is 12.1 Å². The molecule has 3 heterocycles. The van der Waals surface area contributed by atoms with Crippen LogP contribution in [0.5, 0.6) is 0 Å². The zero-order chi connectivity index (χ0) is 17.5. The summed E-state index contributed by atoms with van der Waals surface area (Å²) in [5.74, 6) is 0.498. The Morgan fingerprint density at radius 1 is 1.38 bits per heavy atom. The molecule has 24 heavy (non-hydrogen) atoms. The maximum Gasteiger partial charge on any atom is 0.410 e. The Morgan fingerprint density at radius 3 is 2.67 bits per heavy atom. The second-order valence-corrected chi connectivity index (χ2v) is 7.74. The largest absolute Gasteiger partial charge is 0.444 e. The highest BCUT2D eigenvalue weighted by molar-refractivity contribution is 5.69. The van der Waals surface area contributed by atoms with Crippen LogP contribution in [0.25, 0.3) is 0 Å². The summed E-state index contributed by atoms with van der Waals surface area (Å²) < 4.78 is 5.53. The highest BCUT2D eigenvalue weighted by Gasteiger charge is 2.46. The molecule has 1 aromatic heterocycles. The van der Waals surface area contributed by atoms with Crippen LogP contribution in [0.2, 0.25) is 0 Å². The monoisotopic (exact) mass is 328 g/mol. The average Bonchev–Trinajstić information content (AvgIpc) is 2.71. The smallest absolute Gasteiger partial charge is 0.410 e. The molecule has 128 valence electrons. The Hall–Kier alpha value is -2.29. The average molecular weight is 328 g/mol. The summed E-state index contributed by atoms with van der Waals surface area (Å²) in [6.07, 6.45) is 2.58. The van der Waals surface area contributed by atoms with Crippen LogP contribution < -0.4 is 4.90 Å². The third-order valence-electron chi connectivity index (χ3n) is 4.70. The minimum atomic E-state index is -0.476. The number of nitrogens with zero attached hydrogens (tertiary/aromatic N) is 4. The Labute approximate surface area is 143 Å². The molecule has 6 nitrogen and oxygen atoms in total. The number of aromatic nitrogens is 1. The molecule has 0 aromatic carbocycles. The lowest BCUT2D eigenvalue weighted by molar-refractivity contribution is 0.0206. The van der Waals surface area contributed by atoms with Gasteiger partial charge >= 0.3 is 6.09 Å². The minimum Gasteiger partial charge on any atom is -0.444 e. The molecule has 3 atom stereocenters. The van der Waals surface area contributed by atoms with Crippen molar-refractivity contribution >= 4 is 11.8 Å². The van der Waals surface area contributed by atoms with Gasteiger partial charge in [-0.2, -0.15) is 5.26 Å². The van der Waals surface area contributed by atoms with Gasteiger partial charge in [-0.05, 0) is 45.2 Å². The van der Waals surface area contributed by atoms with E-state index in [1.165, 1.54) is 0 Å². The lowest BCUT2D eigenvalue weighted by Gasteiger charge is -2.43. The first-order chi connectivity index (χ1) is 11.3. The highest BCUT2D eigenvalue weighted by atomic mass is 16.6. The van der Waals surface area contributed by atoms with Crippen molar-refractivity contribution in [3.8, 4) is 6.07 Å². The van der Waals surface area contributed by atoms with Gasteiger partial charge in [0.2, 0.25) is 0 Å². The van der Waals surface area contributed by atoms with Gasteiger partial charge < -0.3 is 14.5 Å². The van der Waals surface area contributed by atoms with Crippen LogP contribution in [0.3, 0.4) is 0 Å². The van der Waals surface area contributed by atoms with Crippen molar-refractivity contribution in [2.45, 2.75) is 51.8 Å². The number of nitriles is 1. The number of carbonyl (C=O) groups is 1. The van der Waals surface area contributed by atoms with E-state index < -0.39 is 5.60 Å². The molecule has 6 heteroatoms. The topological polar surface area (TPSA) is 69.5 Å². The number of hydrogen-bond acceptors (Lipinski definition) is 5. The van der Waals surface area contributed by atoms with Crippen molar-refractivity contribution < 1.29 is 9.53 Å². The molecule has 2 saturated heterocycles. The lowest BCUT2D eigenvalue weighted by atomic mass is 10.0. The normalized spacial score (nSPS) is 26.2. The van der Waals surface area contributed by atoms with Crippen LogP contribution in [-0.4, -0.2) is 46.8 Å². The molecule has 0 radical (unpaired) electrons. The van der Waals surface area contributed by atoms with Gasteiger partial charge in [0.15, 0.2) is 0 Å². The summed E-state index contributed by atoms with van der Waals surface area (Å²) in [6.45, 7) is 9.22. The Balaban J connectivity index is 1.77. The van der Waals surface area contributed by atoms with E-state index in [1.54, 1.807) is 12.3 Å². The molecule has 2 bridgehead atoms. The molecular weight excluding hydrogens is 304 g/mol. The number of hydrogen-bond donors (Lipinski definition) is 0. The number of likely N-dealkylation sites (tertiary alicyclic amines) is 1. The first kappa shape index (κ1) is 16.6. The minimum absolute atomic E-state index is 0.232. The SMILES string of the molecule is C[C@H]1CC2CN(C(=O)OC(C)(C)C)CC1N2c1ccc(C#N)nc1. The molecule has 2 aliphatic heterocycles. The summed E-state index contributed by atoms with van der Waals surface area (Å²) >= 11 is 0. The van der Waals surface area contributed by atoms with Crippen molar-refractivity contribution in [2.75, 3.05) is 18.0 Å². The van der Waals surface area contributed by atoms with Crippen molar-refractivity contribution in [3.05, 3.63) is 24.0 Å². The third-order valence-corrected chi connectivity index (χ3v) is 4.70. The number of rotatable bonds is 1. The first-order valence-electron chi connectivity index (χ1n) is 8.41.